The molecule has 0 aliphatic carbocycles. The number of benzene rings is 1. The van der Waals surface area contributed by atoms with Gasteiger partial charge in [-0.3, -0.25) is 4.79 Å². The van der Waals surface area contributed by atoms with Crippen molar-refractivity contribution >= 4 is 22.6 Å². The summed E-state index contributed by atoms with van der Waals surface area (Å²) in [7, 11) is 4.07. The standard InChI is InChI=1S/C17H16ClN3O/c1-20(2)11-12-3-5-13(6-4-12)21-10-9-15(22)14-7-8-16(18)19-17(14)21/h3-10H,11H2,1-2H3. The fourth-order valence-electron chi connectivity index (χ4n) is 2.44. The molecule has 0 bridgehead atoms. The van der Waals surface area contributed by atoms with Crippen molar-refractivity contribution in [2.24, 2.45) is 0 Å². The van der Waals surface area contributed by atoms with E-state index >= 15 is 0 Å². The Labute approximate surface area is 133 Å². The molecule has 22 heavy (non-hydrogen) atoms. The number of hydrogen-bond acceptors (Lipinski definition) is 3. The zero-order chi connectivity index (χ0) is 15.7. The summed E-state index contributed by atoms with van der Waals surface area (Å²) in [5.74, 6) is 0. The zero-order valence-corrected chi connectivity index (χ0v) is 13.2. The summed E-state index contributed by atoms with van der Waals surface area (Å²) in [4.78, 5) is 18.4. The minimum atomic E-state index is -0.0559. The van der Waals surface area contributed by atoms with E-state index in [1.165, 1.54) is 5.56 Å². The predicted octanol–water partition coefficient (Wildman–Crippen LogP) is 3.10. The molecular weight excluding hydrogens is 298 g/mol. The van der Waals surface area contributed by atoms with Crippen LogP contribution in [0.4, 0.5) is 0 Å². The highest BCUT2D eigenvalue weighted by Gasteiger charge is 2.07. The Hall–Kier alpha value is -2.17. The lowest BCUT2D eigenvalue weighted by atomic mass is 10.2. The zero-order valence-electron chi connectivity index (χ0n) is 12.5. The van der Waals surface area contributed by atoms with E-state index < -0.39 is 0 Å². The fourth-order valence-corrected chi connectivity index (χ4v) is 2.58. The van der Waals surface area contributed by atoms with Gasteiger partial charge in [0.15, 0.2) is 5.43 Å². The SMILES string of the molecule is CN(C)Cc1ccc(-n2ccc(=O)c3ccc(Cl)nc32)cc1. The molecule has 3 rings (SSSR count). The van der Waals surface area contributed by atoms with Gasteiger partial charge in [0, 0.05) is 24.5 Å². The summed E-state index contributed by atoms with van der Waals surface area (Å²) >= 11 is 5.98. The van der Waals surface area contributed by atoms with Crippen LogP contribution in [-0.4, -0.2) is 28.5 Å². The van der Waals surface area contributed by atoms with Crippen molar-refractivity contribution in [3.63, 3.8) is 0 Å². The van der Waals surface area contributed by atoms with Crippen LogP contribution in [0, 0.1) is 0 Å². The summed E-state index contributed by atoms with van der Waals surface area (Å²) in [6.07, 6.45) is 1.73. The maximum absolute atomic E-state index is 11.9. The number of pyridine rings is 2. The van der Waals surface area contributed by atoms with Crippen LogP contribution in [-0.2, 0) is 6.54 Å². The molecule has 3 aromatic rings. The van der Waals surface area contributed by atoms with Gasteiger partial charge in [-0.2, -0.15) is 0 Å². The van der Waals surface area contributed by atoms with Gasteiger partial charge in [-0.25, -0.2) is 4.98 Å². The first-order chi connectivity index (χ1) is 10.5. The molecule has 0 fully saturated rings. The van der Waals surface area contributed by atoms with Crippen molar-refractivity contribution in [1.82, 2.24) is 14.5 Å². The minimum absolute atomic E-state index is 0.0559. The second-order valence-electron chi connectivity index (χ2n) is 5.46. The van der Waals surface area contributed by atoms with Crippen LogP contribution >= 0.6 is 11.6 Å². The molecule has 2 aromatic heterocycles. The molecule has 4 nitrogen and oxygen atoms in total. The highest BCUT2D eigenvalue weighted by atomic mass is 35.5. The van der Waals surface area contributed by atoms with Gasteiger partial charge < -0.3 is 9.47 Å². The van der Waals surface area contributed by atoms with Crippen LogP contribution in [0.5, 0.6) is 0 Å². The molecule has 0 radical (unpaired) electrons. The van der Waals surface area contributed by atoms with Crippen LogP contribution in [0.1, 0.15) is 5.56 Å². The molecule has 0 aliphatic heterocycles. The number of halogens is 1. The maximum atomic E-state index is 11.9. The second kappa shape index (κ2) is 5.91. The summed E-state index contributed by atoms with van der Waals surface area (Å²) in [6, 6.07) is 13.1. The lowest BCUT2D eigenvalue weighted by Crippen LogP contribution is -2.11. The van der Waals surface area contributed by atoms with Crippen LogP contribution < -0.4 is 5.43 Å². The normalized spacial score (nSPS) is 11.3. The van der Waals surface area contributed by atoms with Gasteiger partial charge in [0.1, 0.15) is 10.8 Å². The highest BCUT2D eigenvalue weighted by Crippen LogP contribution is 2.17. The molecule has 0 atom stereocenters. The average molecular weight is 314 g/mol. The highest BCUT2D eigenvalue weighted by molar-refractivity contribution is 6.29. The van der Waals surface area contributed by atoms with E-state index in [4.69, 9.17) is 11.6 Å². The van der Waals surface area contributed by atoms with E-state index in [1.807, 2.05) is 30.8 Å². The lowest BCUT2D eigenvalue weighted by molar-refractivity contribution is 0.402. The Morgan fingerprint density at radius 2 is 1.82 bits per heavy atom. The van der Waals surface area contributed by atoms with Gasteiger partial charge in [-0.05, 0) is 43.9 Å². The number of rotatable bonds is 3. The predicted molar refractivity (Wildman–Crippen MR) is 89.7 cm³/mol. The van der Waals surface area contributed by atoms with Gasteiger partial charge in [0.05, 0.1) is 5.39 Å². The molecule has 0 N–H and O–H groups in total. The van der Waals surface area contributed by atoms with Crippen molar-refractivity contribution in [3.8, 4) is 5.69 Å². The van der Waals surface area contributed by atoms with Crippen LogP contribution in [0.3, 0.4) is 0 Å². The van der Waals surface area contributed by atoms with E-state index in [9.17, 15) is 4.79 Å². The second-order valence-corrected chi connectivity index (χ2v) is 5.85. The van der Waals surface area contributed by atoms with E-state index in [0.29, 0.717) is 16.2 Å². The molecule has 0 saturated heterocycles. The summed E-state index contributed by atoms with van der Waals surface area (Å²) in [6.45, 7) is 0.884. The molecule has 0 unspecified atom stereocenters. The quantitative estimate of drug-likeness (QED) is 0.697. The number of nitrogens with zero attached hydrogens (tertiary/aromatic N) is 3. The topological polar surface area (TPSA) is 38.1 Å². The van der Waals surface area contributed by atoms with Crippen LogP contribution in [0.15, 0.2) is 53.5 Å². The molecule has 1 aromatic carbocycles. The molecule has 5 heteroatoms. The summed E-state index contributed by atoms with van der Waals surface area (Å²) < 4.78 is 1.88. The largest absolute Gasteiger partial charge is 0.305 e. The first-order valence-corrected chi connectivity index (χ1v) is 7.34. The van der Waals surface area contributed by atoms with Gasteiger partial charge in [-0.15, -0.1) is 0 Å². The Bertz CT molecular complexity index is 869. The first-order valence-electron chi connectivity index (χ1n) is 6.96. The maximum Gasteiger partial charge on any atom is 0.191 e. The van der Waals surface area contributed by atoms with E-state index in [-0.39, 0.29) is 5.43 Å². The molecule has 0 amide bonds. The number of hydrogen-bond donors (Lipinski definition) is 0. The Morgan fingerprint density at radius 1 is 1.09 bits per heavy atom. The third-order valence-electron chi connectivity index (χ3n) is 3.42. The van der Waals surface area contributed by atoms with Crippen molar-refractivity contribution in [2.75, 3.05) is 14.1 Å². The number of fused-ring (bicyclic) bond motifs is 1. The summed E-state index contributed by atoms with van der Waals surface area (Å²) in [5.41, 5.74) is 2.69. The average Bonchev–Trinajstić information content (AvgIpc) is 2.48. The molecule has 112 valence electrons. The third kappa shape index (κ3) is 2.89. The van der Waals surface area contributed by atoms with Gasteiger partial charge >= 0.3 is 0 Å². The molecule has 0 spiro atoms. The molecular formula is C17H16ClN3O. The van der Waals surface area contributed by atoms with Gasteiger partial charge in [0.2, 0.25) is 0 Å². The van der Waals surface area contributed by atoms with Crippen LogP contribution in [0.2, 0.25) is 5.15 Å². The van der Waals surface area contributed by atoms with E-state index in [1.54, 1.807) is 24.4 Å². The van der Waals surface area contributed by atoms with E-state index in [0.717, 1.165) is 12.2 Å². The Kier molecular flexibility index (Phi) is 3.96. The first kappa shape index (κ1) is 14.8. The third-order valence-corrected chi connectivity index (χ3v) is 3.63. The van der Waals surface area contributed by atoms with Gasteiger partial charge in [-0.1, -0.05) is 23.7 Å². The monoisotopic (exact) mass is 313 g/mol. The van der Waals surface area contributed by atoms with Crippen LogP contribution in [0.25, 0.3) is 16.7 Å². The smallest absolute Gasteiger partial charge is 0.191 e. The van der Waals surface area contributed by atoms with Crippen molar-refractivity contribution in [1.29, 1.82) is 0 Å². The number of aromatic nitrogens is 2. The van der Waals surface area contributed by atoms with Crippen molar-refractivity contribution in [3.05, 3.63) is 69.6 Å². The molecule has 0 aliphatic rings. The lowest BCUT2D eigenvalue weighted by Gasteiger charge is -2.12. The van der Waals surface area contributed by atoms with Gasteiger partial charge in [0.25, 0.3) is 0 Å². The van der Waals surface area contributed by atoms with Crippen molar-refractivity contribution < 1.29 is 0 Å². The molecule has 2 heterocycles. The van der Waals surface area contributed by atoms with Crippen molar-refractivity contribution in [2.45, 2.75) is 6.54 Å². The molecule has 0 saturated carbocycles. The van der Waals surface area contributed by atoms with E-state index in [2.05, 4.69) is 22.0 Å². The fraction of sp³-hybridized carbons (Fsp3) is 0.176. The minimum Gasteiger partial charge on any atom is -0.305 e. The Morgan fingerprint density at radius 3 is 2.50 bits per heavy atom. The summed E-state index contributed by atoms with van der Waals surface area (Å²) in [5, 5.41) is 0.931. The Balaban J connectivity index is 2.12.